The minimum Gasteiger partial charge on any atom is -0.486 e. The van der Waals surface area contributed by atoms with Crippen LogP contribution in [-0.2, 0) is 6.42 Å². The van der Waals surface area contributed by atoms with Crippen LogP contribution in [0.5, 0.6) is 11.5 Å². The number of hydrogen-bond acceptors (Lipinski definition) is 4. The Morgan fingerprint density at radius 2 is 2.10 bits per heavy atom. The van der Waals surface area contributed by atoms with Crippen molar-refractivity contribution in [1.29, 1.82) is 0 Å². The Balaban J connectivity index is 2.13. The number of hydrogen-bond donors (Lipinski definition) is 1. The van der Waals surface area contributed by atoms with E-state index in [4.69, 9.17) is 9.47 Å². The molecule has 0 saturated carbocycles. The molecular formula is C15H15BrN2O3. The second kappa shape index (κ2) is 5.52. The molecule has 0 aliphatic carbocycles. The lowest BCUT2D eigenvalue weighted by molar-refractivity contribution is 0.170. The van der Waals surface area contributed by atoms with Crippen molar-refractivity contribution in [1.82, 2.24) is 9.97 Å². The first-order valence-corrected chi connectivity index (χ1v) is 7.58. The van der Waals surface area contributed by atoms with Crippen molar-refractivity contribution in [3.8, 4) is 22.9 Å². The number of fused-ring (bicyclic) bond motifs is 1. The molecule has 0 spiro atoms. The van der Waals surface area contributed by atoms with Gasteiger partial charge in [-0.1, -0.05) is 6.92 Å². The first kappa shape index (κ1) is 14.1. The Labute approximate surface area is 130 Å². The van der Waals surface area contributed by atoms with Crippen molar-refractivity contribution in [3.05, 3.63) is 38.2 Å². The van der Waals surface area contributed by atoms with E-state index in [0.717, 1.165) is 21.3 Å². The van der Waals surface area contributed by atoms with Gasteiger partial charge in [0, 0.05) is 16.8 Å². The van der Waals surface area contributed by atoms with Crippen LogP contribution in [0.4, 0.5) is 0 Å². The van der Waals surface area contributed by atoms with E-state index in [0.29, 0.717) is 37.0 Å². The van der Waals surface area contributed by atoms with Gasteiger partial charge < -0.3 is 14.5 Å². The number of aromatic nitrogens is 2. The number of aromatic amines is 1. The molecule has 2 aromatic rings. The molecule has 1 aromatic carbocycles. The summed E-state index contributed by atoms with van der Waals surface area (Å²) in [4.78, 5) is 19.4. The van der Waals surface area contributed by atoms with Gasteiger partial charge in [-0.05, 0) is 41.4 Å². The molecule has 3 rings (SSSR count). The van der Waals surface area contributed by atoms with E-state index in [1.165, 1.54) is 0 Å². The highest BCUT2D eigenvalue weighted by molar-refractivity contribution is 9.10. The summed E-state index contributed by atoms with van der Waals surface area (Å²) >= 11 is 3.47. The molecule has 110 valence electrons. The van der Waals surface area contributed by atoms with Crippen LogP contribution in [0.1, 0.15) is 18.2 Å². The zero-order valence-corrected chi connectivity index (χ0v) is 13.4. The molecule has 0 saturated heterocycles. The monoisotopic (exact) mass is 350 g/mol. The summed E-state index contributed by atoms with van der Waals surface area (Å²) < 4.78 is 11.9. The molecule has 21 heavy (non-hydrogen) atoms. The summed E-state index contributed by atoms with van der Waals surface area (Å²) in [6.07, 6.45) is 0.666. The largest absolute Gasteiger partial charge is 0.486 e. The van der Waals surface area contributed by atoms with Crippen LogP contribution in [0.15, 0.2) is 21.4 Å². The maximum Gasteiger partial charge on any atom is 0.254 e. The average molecular weight is 351 g/mol. The van der Waals surface area contributed by atoms with E-state index in [1.54, 1.807) is 0 Å². The number of H-pyrrole nitrogens is 1. The zero-order valence-electron chi connectivity index (χ0n) is 11.8. The van der Waals surface area contributed by atoms with Crippen molar-refractivity contribution in [2.75, 3.05) is 13.2 Å². The summed E-state index contributed by atoms with van der Waals surface area (Å²) in [5, 5.41) is 0. The van der Waals surface area contributed by atoms with Crippen molar-refractivity contribution in [2.24, 2.45) is 0 Å². The highest BCUT2D eigenvalue weighted by atomic mass is 79.9. The van der Waals surface area contributed by atoms with Crippen LogP contribution >= 0.6 is 15.9 Å². The number of halogens is 1. The Morgan fingerprint density at radius 3 is 2.81 bits per heavy atom. The minimum absolute atomic E-state index is 0.0917. The number of aryl methyl sites for hydroxylation is 1. The van der Waals surface area contributed by atoms with Gasteiger partial charge in [-0.25, -0.2) is 4.98 Å². The molecule has 0 radical (unpaired) electrons. The lowest BCUT2D eigenvalue weighted by atomic mass is 10.1. The van der Waals surface area contributed by atoms with Gasteiger partial charge in [-0.3, -0.25) is 4.79 Å². The lowest BCUT2D eigenvalue weighted by Crippen LogP contribution is -2.17. The number of nitrogens with one attached hydrogen (secondary N) is 1. The maximum atomic E-state index is 12.1. The predicted molar refractivity (Wildman–Crippen MR) is 83.1 cm³/mol. The summed E-state index contributed by atoms with van der Waals surface area (Å²) in [5.74, 6) is 1.88. The SMILES string of the molecule is CCc1c(C)nc(-c2cc(Br)c3c(c2)OCCO3)[nH]c1=O. The molecule has 1 aromatic heterocycles. The fraction of sp³-hybridized carbons (Fsp3) is 0.333. The standard InChI is InChI=1S/C15H15BrN2O3/c1-3-10-8(2)17-14(18-15(10)19)9-6-11(16)13-12(7-9)20-4-5-21-13/h6-7H,3-5H2,1-2H3,(H,17,18,19). The lowest BCUT2D eigenvalue weighted by Gasteiger charge is -2.20. The molecule has 2 heterocycles. The van der Waals surface area contributed by atoms with Gasteiger partial charge in [-0.15, -0.1) is 0 Å². The Bertz CT molecular complexity index is 755. The van der Waals surface area contributed by atoms with Gasteiger partial charge in [0.25, 0.3) is 5.56 Å². The summed E-state index contributed by atoms with van der Waals surface area (Å²) in [5.41, 5.74) is 2.16. The Morgan fingerprint density at radius 1 is 1.33 bits per heavy atom. The third kappa shape index (κ3) is 2.55. The van der Waals surface area contributed by atoms with Gasteiger partial charge in [-0.2, -0.15) is 0 Å². The molecule has 0 unspecified atom stereocenters. The molecule has 1 aliphatic rings. The van der Waals surface area contributed by atoms with E-state index in [2.05, 4.69) is 25.9 Å². The van der Waals surface area contributed by atoms with Crippen molar-refractivity contribution >= 4 is 15.9 Å². The quantitative estimate of drug-likeness (QED) is 0.904. The molecule has 5 nitrogen and oxygen atoms in total. The molecule has 0 atom stereocenters. The van der Waals surface area contributed by atoms with Crippen molar-refractivity contribution in [3.63, 3.8) is 0 Å². The van der Waals surface area contributed by atoms with Gasteiger partial charge >= 0.3 is 0 Å². The third-order valence-electron chi connectivity index (χ3n) is 3.45. The van der Waals surface area contributed by atoms with Crippen LogP contribution in [0.25, 0.3) is 11.4 Å². The minimum atomic E-state index is -0.0917. The van der Waals surface area contributed by atoms with E-state index >= 15 is 0 Å². The molecule has 0 amide bonds. The van der Waals surface area contributed by atoms with Crippen LogP contribution in [0.3, 0.4) is 0 Å². The fourth-order valence-corrected chi connectivity index (χ4v) is 2.97. The highest BCUT2D eigenvalue weighted by Crippen LogP contribution is 2.40. The topological polar surface area (TPSA) is 64.2 Å². The summed E-state index contributed by atoms with van der Waals surface area (Å²) in [6.45, 7) is 4.84. The van der Waals surface area contributed by atoms with Crippen molar-refractivity contribution < 1.29 is 9.47 Å². The fourth-order valence-electron chi connectivity index (χ4n) is 2.41. The average Bonchev–Trinajstić information content (AvgIpc) is 2.47. The normalized spacial score (nSPS) is 13.3. The van der Waals surface area contributed by atoms with Gasteiger partial charge in [0.15, 0.2) is 11.5 Å². The number of nitrogens with zero attached hydrogens (tertiary/aromatic N) is 1. The third-order valence-corrected chi connectivity index (χ3v) is 4.04. The van der Waals surface area contributed by atoms with Gasteiger partial charge in [0.05, 0.1) is 4.47 Å². The number of rotatable bonds is 2. The second-order valence-corrected chi connectivity index (χ2v) is 5.67. The predicted octanol–water partition coefficient (Wildman–Crippen LogP) is 2.84. The summed E-state index contributed by atoms with van der Waals surface area (Å²) in [7, 11) is 0. The van der Waals surface area contributed by atoms with E-state index in [9.17, 15) is 4.79 Å². The van der Waals surface area contributed by atoms with Crippen LogP contribution in [0.2, 0.25) is 0 Å². The van der Waals surface area contributed by atoms with Crippen LogP contribution < -0.4 is 15.0 Å². The van der Waals surface area contributed by atoms with Crippen LogP contribution in [0, 0.1) is 6.92 Å². The van der Waals surface area contributed by atoms with Gasteiger partial charge in [0.2, 0.25) is 0 Å². The van der Waals surface area contributed by atoms with E-state index < -0.39 is 0 Å². The molecule has 0 bridgehead atoms. The molecule has 1 aliphatic heterocycles. The van der Waals surface area contributed by atoms with Crippen molar-refractivity contribution in [2.45, 2.75) is 20.3 Å². The number of benzene rings is 1. The summed E-state index contributed by atoms with van der Waals surface area (Å²) in [6, 6.07) is 3.71. The van der Waals surface area contributed by atoms with Crippen LogP contribution in [-0.4, -0.2) is 23.2 Å². The van der Waals surface area contributed by atoms with E-state index in [1.807, 2.05) is 26.0 Å². The van der Waals surface area contributed by atoms with Gasteiger partial charge in [0.1, 0.15) is 19.0 Å². The first-order valence-electron chi connectivity index (χ1n) is 6.79. The zero-order chi connectivity index (χ0) is 15.0. The Kier molecular flexibility index (Phi) is 3.71. The smallest absolute Gasteiger partial charge is 0.254 e. The molecule has 0 fully saturated rings. The first-order chi connectivity index (χ1) is 10.1. The molecule has 1 N–H and O–H groups in total. The van der Waals surface area contributed by atoms with E-state index in [-0.39, 0.29) is 5.56 Å². The number of ether oxygens (including phenoxy) is 2. The second-order valence-electron chi connectivity index (χ2n) is 4.81. The molecular weight excluding hydrogens is 336 g/mol. The maximum absolute atomic E-state index is 12.1. The molecule has 6 heteroatoms. The Hall–Kier alpha value is -1.82. The highest BCUT2D eigenvalue weighted by Gasteiger charge is 2.18.